The van der Waals surface area contributed by atoms with Crippen LogP contribution in [0.5, 0.6) is 5.75 Å². The first kappa shape index (κ1) is 20.0. The van der Waals surface area contributed by atoms with Crippen LogP contribution in [0.4, 0.5) is 14.6 Å². The van der Waals surface area contributed by atoms with Gasteiger partial charge >= 0.3 is 0 Å². The minimum Gasteiger partial charge on any atom is -0.481 e. The van der Waals surface area contributed by atoms with Crippen LogP contribution in [-0.4, -0.2) is 53.6 Å². The number of amides is 1. The molecule has 28 heavy (non-hydrogen) atoms. The average Bonchev–Trinajstić information content (AvgIpc) is 2.66. The number of nitrogens with zero attached hydrogens (tertiary/aromatic N) is 4. The van der Waals surface area contributed by atoms with E-state index in [2.05, 4.69) is 28.7 Å². The normalized spacial score (nSPS) is 14.5. The van der Waals surface area contributed by atoms with Crippen LogP contribution >= 0.6 is 0 Å². The van der Waals surface area contributed by atoms with Crippen molar-refractivity contribution < 1.29 is 18.3 Å². The van der Waals surface area contributed by atoms with Crippen molar-refractivity contribution in [3.05, 3.63) is 47.4 Å². The van der Waals surface area contributed by atoms with Crippen molar-refractivity contribution in [1.82, 2.24) is 14.9 Å². The Morgan fingerprint density at radius 1 is 1.14 bits per heavy atom. The molecule has 8 heteroatoms. The number of piperazine rings is 1. The van der Waals surface area contributed by atoms with Crippen molar-refractivity contribution in [3.8, 4) is 5.75 Å². The highest BCUT2D eigenvalue weighted by molar-refractivity contribution is 5.78. The minimum absolute atomic E-state index is 0.133. The Bertz CT molecular complexity index is 852. The molecule has 1 saturated heterocycles. The van der Waals surface area contributed by atoms with Gasteiger partial charge in [-0.1, -0.05) is 13.8 Å². The molecule has 0 N–H and O–H groups in total. The molecule has 0 atom stereocenters. The smallest absolute Gasteiger partial charge is 0.260 e. The molecule has 0 unspecified atom stereocenters. The largest absolute Gasteiger partial charge is 0.481 e. The lowest BCUT2D eigenvalue weighted by Crippen LogP contribution is -2.50. The van der Waals surface area contributed by atoms with E-state index < -0.39 is 11.6 Å². The third-order valence-electron chi connectivity index (χ3n) is 4.58. The van der Waals surface area contributed by atoms with E-state index in [0.29, 0.717) is 26.2 Å². The van der Waals surface area contributed by atoms with E-state index >= 15 is 0 Å². The van der Waals surface area contributed by atoms with Gasteiger partial charge in [-0.15, -0.1) is 0 Å². The van der Waals surface area contributed by atoms with E-state index in [0.717, 1.165) is 29.5 Å². The first-order valence-electron chi connectivity index (χ1n) is 9.29. The summed E-state index contributed by atoms with van der Waals surface area (Å²) in [6, 6.07) is 4.95. The molecule has 1 aromatic heterocycles. The summed E-state index contributed by atoms with van der Waals surface area (Å²) in [6.45, 7) is 8.10. The van der Waals surface area contributed by atoms with Crippen molar-refractivity contribution in [3.63, 3.8) is 0 Å². The van der Waals surface area contributed by atoms with Gasteiger partial charge in [-0.25, -0.2) is 18.7 Å². The molecule has 1 aliphatic rings. The molecule has 150 valence electrons. The Balaban J connectivity index is 1.55. The highest BCUT2D eigenvalue weighted by Crippen LogP contribution is 2.20. The molecule has 0 radical (unpaired) electrons. The SMILES string of the molecule is Cc1cc(N2CCN(C(=O)COc3ccc(F)cc3F)CC2)nc(C(C)C)n1. The van der Waals surface area contributed by atoms with Gasteiger partial charge < -0.3 is 14.5 Å². The summed E-state index contributed by atoms with van der Waals surface area (Å²) in [5.41, 5.74) is 0.918. The maximum atomic E-state index is 13.6. The minimum atomic E-state index is -0.822. The fourth-order valence-electron chi connectivity index (χ4n) is 3.00. The molecule has 2 aromatic rings. The fraction of sp³-hybridized carbons (Fsp3) is 0.450. The quantitative estimate of drug-likeness (QED) is 0.786. The van der Waals surface area contributed by atoms with Gasteiger partial charge in [0.05, 0.1) is 0 Å². The number of ether oxygens (including phenoxy) is 1. The molecule has 1 fully saturated rings. The zero-order valence-electron chi connectivity index (χ0n) is 16.3. The van der Waals surface area contributed by atoms with Gasteiger partial charge in [0.15, 0.2) is 18.2 Å². The zero-order valence-corrected chi connectivity index (χ0v) is 16.3. The van der Waals surface area contributed by atoms with Crippen LogP contribution in [0.1, 0.15) is 31.3 Å². The monoisotopic (exact) mass is 390 g/mol. The number of carbonyl (C=O) groups excluding carboxylic acids is 1. The van der Waals surface area contributed by atoms with Gasteiger partial charge in [-0.2, -0.15) is 0 Å². The number of aryl methyl sites for hydroxylation is 1. The summed E-state index contributed by atoms with van der Waals surface area (Å²) in [7, 11) is 0. The van der Waals surface area contributed by atoms with E-state index in [4.69, 9.17) is 4.74 Å². The first-order chi connectivity index (χ1) is 13.3. The highest BCUT2D eigenvalue weighted by Gasteiger charge is 2.23. The number of aromatic nitrogens is 2. The Morgan fingerprint density at radius 2 is 1.86 bits per heavy atom. The number of hydrogen-bond acceptors (Lipinski definition) is 5. The maximum absolute atomic E-state index is 13.6. The number of hydrogen-bond donors (Lipinski definition) is 0. The van der Waals surface area contributed by atoms with Crippen LogP contribution in [0.25, 0.3) is 0 Å². The second-order valence-corrected chi connectivity index (χ2v) is 7.11. The molecule has 3 rings (SSSR count). The second kappa shape index (κ2) is 8.50. The standard InChI is InChI=1S/C20H24F2N4O2/c1-13(2)20-23-14(3)10-18(24-20)25-6-8-26(9-7-25)19(27)12-28-17-5-4-15(21)11-16(17)22/h4-5,10-11,13H,6-9,12H2,1-3H3. The van der Waals surface area contributed by atoms with Crippen LogP contribution in [0.15, 0.2) is 24.3 Å². The van der Waals surface area contributed by atoms with E-state index in [-0.39, 0.29) is 24.2 Å². The van der Waals surface area contributed by atoms with Crippen LogP contribution in [0, 0.1) is 18.6 Å². The predicted molar refractivity (Wildman–Crippen MR) is 102 cm³/mol. The molecule has 0 saturated carbocycles. The van der Waals surface area contributed by atoms with E-state index in [1.165, 1.54) is 6.07 Å². The van der Waals surface area contributed by atoms with Crippen LogP contribution in [0.2, 0.25) is 0 Å². The summed E-state index contributed by atoms with van der Waals surface area (Å²) in [5, 5.41) is 0. The number of rotatable bonds is 5. The van der Waals surface area contributed by atoms with Gasteiger partial charge in [-0.3, -0.25) is 4.79 Å². The summed E-state index contributed by atoms with van der Waals surface area (Å²) >= 11 is 0. The van der Waals surface area contributed by atoms with Crippen LogP contribution in [-0.2, 0) is 4.79 Å². The topological polar surface area (TPSA) is 58.6 Å². The fourth-order valence-corrected chi connectivity index (χ4v) is 3.00. The number of anilines is 1. The molecule has 1 aliphatic heterocycles. The van der Waals surface area contributed by atoms with Gasteiger partial charge in [-0.05, 0) is 19.1 Å². The predicted octanol–water partition coefficient (Wildman–Crippen LogP) is 2.91. The third-order valence-corrected chi connectivity index (χ3v) is 4.58. The molecule has 0 bridgehead atoms. The molecule has 2 heterocycles. The molecule has 6 nitrogen and oxygen atoms in total. The molecule has 0 aliphatic carbocycles. The Hall–Kier alpha value is -2.77. The van der Waals surface area contributed by atoms with Crippen molar-refractivity contribution in [1.29, 1.82) is 0 Å². The van der Waals surface area contributed by atoms with Gasteiger partial charge in [0, 0.05) is 49.9 Å². The van der Waals surface area contributed by atoms with E-state index in [1.54, 1.807) is 4.90 Å². The van der Waals surface area contributed by atoms with Crippen LogP contribution < -0.4 is 9.64 Å². The maximum Gasteiger partial charge on any atom is 0.260 e. The lowest BCUT2D eigenvalue weighted by atomic mass is 10.2. The number of halogens is 2. The molecule has 1 amide bonds. The van der Waals surface area contributed by atoms with Gasteiger partial charge in [0.25, 0.3) is 5.91 Å². The average molecular weight is 390 g/mol. The highest BCUT2D eigenvalue weighted by atomic mass is 19.1. The third kappa shape index (κ3) is 4.74. The Kier molecular flexibility index (Phi) is 6.06. The van der Waals surface area contributed by atoms with Crippen LogP contribution in [0.3, 0.4) is 0 Å². The summed E-state index contributed by atoms with van der Waals surface area (Å²) in [5.74, 6) is 0.0449. The molecular weight excluding hydrogens is 366 g/mol. The lowest BCUT2D eigenvalue weighted by molar-refractivity contribution is -0.133. The van der Waals surface area contributed by atoms with Crippen molar-refractivity contribution >= 4 is 11.7 Å². The van der Waals surface area contributed by atoms with E-state index in [9.17, 15) is 13.6 Å². The van der Waals surface area contributed by atoms with Gasteiger partial charge in [0.1, 0.15) is 17.5 Å². The number of carbonyl (C=O) groups is 1. The van der Waals surface area contributed by atoms with Gasteiger partial charge in [0.2, 0.25) is 0 Å². The van der Waals surface area contributed by atoms with Crippen molar-refractivity contribution in [2.45, 2.75) is 26.7 Å². The lowest BCUT2D eigenvalue weighted by Gasteiger charge is -2.35. The molecule has 0 spiro atoms. The first-order valence-corrected chi connectivity index (χ1v) is 9.29. The summed E-state index contributed by atoms with van der Waals surface area (Å²) < 4.78 is 31.7. The van der Waals surface area contributed by atoms with E-state index in [1.807, 2.05) is 13.0 Å². The molecular formula is C20H24F2N4O2. The second-order valence-electron chi connectivity index (χ2n) is 7.11. The Morgan fingerprint density at radius 3 is 2.50 bits per heavy atom. The Labute approximate surface area is 163 Å². The van der Waals surface area contributed by atoms with Crippen molar-refractivity contribution in [2.24, 2.45) is 0 Å². The summed E-state index contributed by atoms with van der Waals surface area (Å²) in [4.78, 5) is 25.3. The zero-order chi connectivity index (χ0) is 20.3. The summed E-state index contributed by atoms with van der Waals surface area (Å²) in [6.07, 6.45) is 0. The van der Waals surface area contributed by atoms with Crippen molar-refractivity contribution in [2.75, 3.05) is 37.7 Å². The molecule has 1 aromatic carbocycles. The number of benzene rings is 1.